The van der Waals surface area contributed by atoms with E-state index in [1.807, 2.05) is 0 Å². The minimum absolute atomic E-state index is 0.0907. The van der Waals surface area contributed by atoms with Gasteiger partial charge in [-0.05, 0) is 12.8 Å². The second-order valence-electron chi connectivity index (χ2n) is 11.4. The summed E-state index contributed by atoms with van der Waals surface area (Å²) in [6, 6.07) is -2.15. The molecule has 0 aliphatic heterocycles. The smallest absolute Gasteiger partial charge is 0.109 e. The van der Waals surface area contributed by atoms with E-state index >= 15 is 0 Å². The van der Waals surface area contributed by atoms with E-state index in [-0.39, 0.29) is 13.2 Å². The molecule has 0 spiro atoms. The Labute approximate surface area is 260 Å². The molecule has 12 N–H and O–H groups in total. The summed E-state index contributed by atoms with van der Waals surface area (Å²) in [6.45, 7) is 3.61. The molecule has 4 rings (SSSR count). The quantitative estimate of drug-likeness (QED) is 0.0704. The lowest BCUT2D eigenvalue weighted by atomic mass is 9.85. The van der Waals surface area contributed by atoms with Crippen LogP contribution in [0.15, 0.2) is 12.4 Å². The summed E-state index contributed by atoms with van der Waals surface area (Å²) < 4.78 is 31.3. The van der Waals surface area contributed by atoms with E-state index in [0.29, 0.717) is 77.0 Å². The SMILES string of the molecule is N[C@@H]1C[C@H](N)[C@@H](OCc2cn(CCOCCOCCOCCn3cc(CO[C@H]4[C@H](O)[C@@H](O)[C@H](N)C[C@@H]4N)nn3)nn2)[C@H](O)[C@H]1O. The lowest BCUT2D eigenvalue weighted by molar-refractivity contribution is -0.132. The molecule has 2 aliphatic carbocycles. The highest BCUT2D eigenvalue weighted by Crippen LogP contribution is 2.23. The monoisotopic (exact) mass is 644 g/mol. The molecule has 2 aliphatic rings. The number of nitrogens with zero attached hydrogens (tertiary/aromatic N) is 6. The average molecular weight is 645 g/mol. The van der Waals surface area contributed by atoms with Crippen LogP contribution in [0.25, 0.3) is 0 Å². The van der Waals surface area contributed by atoms with Gasteiger partial charge in [0.2, 0.25) is 0 Å². The van der Waals surface area contributed by atoms with Crippen molar-refractivity contribution in [3.05, 3.63) is 23.8 Å². The summed E-state index contributed by atoms with van der Waals surface area (Å²) in [6.07, 6.45) is -1.85. The molecule has 0 radical (unpaired) electrons. The molecule has 0 bridgehead atoms. The van der Waals surface area contributed by atoms with Crippen LogP contribution in [0.4, 0.5) is 0 Å². The van der Waals surface area contributed by atoms with Crippen molar-refractivity contribution >= 4 is 0 Å². The zero-order valence-electron chi connectivity index (χ0n) is 25.2. The maximum atomic E-state index is 10.2. The average Bonchev–Trinajstić information content (AvgIpc) is 3.67. The summed E-state index contributed by atoms with van der Waals surface area (Å²) in [4.78, 5) is 0. The van der Waals surface area contributed by atoms with E-state index in [1.54, 1.807) is 21.8 Å². The number of hydrogen-bond donors (Lipinski definition) is 8. The first-order chi connectivity index (χ1) is 21.6. The zero-order chi connectivity index (χ0) is 32.3. The van der Waals surface area contributed by atoms with Crippen LogP contribution in [-0.4, -0.2) is 151 Å². The number of hydrogen-bond acceptors (Lipinski definition) is 17. The molecule has 2 heterocycles. The number of aliphatic hydroxyl groups excluding tert-OH is 4. The topological polar surface area (TPSA) is 293 Å². The fourth-order valence-corrected chi connectivity index (χ4v) is 5.27. The molecular formula is C26H48N10O9. The van der Waals surface area contributed by atoms with Crippen LogP contribution < -0.4 is 22.9 Å². The van der Waals surface area contributed by atoms with Crippen LogP contribution in [0.1, 0.15) is 24.2 Å². The molecule has 2 fully saturated rings. The standard InChI is InChI=1S/C26H48N10O9/c27-17-9-19(29)25(23(39)21(17)37)44-13-15-11-35(33-31-15)1-3-41-5-7-43-8-6-42-4-2-36-12-16(32-34-36)14-45-26-20(30)10-18(28)22(38)24(26)40/h11-12,17-26,37-40H,1-10,13-14,27-30H2/t17-,18-,19+,20+,21+,22+,23-,24-,25-,26-/m1/s1. The van der Waals surface area contributed by atoms with Gasteiger partial charge in [0.05, 0.1) is 90.5 Å². The van der Waals surface area contributed by atoms with E-state index in [2.05, 4.69) is 20.6 Å². The van der Waals surface area contributed by atoms with Crippen molar-refractivity contribution in [3.8, 4) is 0 Å². The largest absolute Gasteiger partial charge is 0.389 e. The number of rotatable bonds is 18. The van der Waals surface area contributed by atoms with Gasteiger partial charge in [-0.3, -0.25) is 0 Å². The Balaban J connectivity index is 0.977. The number of nitrogens with two attached hydrogens (primary N) is 4. The molecule has 19 nitrogen and oxygen atoms in total. The molecule has 45 heavy (non-hydrogen) atoms. The molecule has 0 saturated heterocycles. The maximum Gasteiger partial charge on any atom is 0.109 e. The summed E-state index contributed by atoms with van der Waals surface area (Å²) in [5, 5.41) is 56.5. The van der Waals surface area contributed by atoms with Crippen LogP contribution in [0.2, 0.25) is 0 Å². The maximum absolute atomic E-state index is 10.2. The Bertz CT molecular complexity index is 1040. The fourth-order valence-electron chi connectivity index (χ4n) is 5.27. The summed E-state index contributed by atoms with van der Waals surface area (Å²) in [5.41, 5.74) is 24.7. The predicted molar refractivity (Wildman–Crippen MR) is 155 cm³/mol. The predicted octanol–water partition coefficient (Wildman–Crippen LogP) is -5.05. The van der Waals surface area contributed by atoms with Crippen LogP contribution in [-0.2, 0) is 50.0 Å². The van der Waals surface area contributed by atoms with E-state index in [4.69, 9.17) is 46.6 Å². The number of aliphatic hydroxyl groups is 4. The highest BCUT2D eigenvalue weighted by atomic mass is 16.5. The Morgan fingerprint density at radius 2 is 0.956 bits per heavy atom. The van der Waals surface area contributed by atoms with Gasteiger partial charge in [0.25, 0.3) is 0 Å². The van der Waals surface area contributed by atoms with E-state index in [1.165, 1.54) is 0 Å². The van der Waals surface area contributed by atoms with E-state index in [0.717, 1.165) is 0 Å². The van der Waals surface area contributed by atoms with Crippen LogP contribution in [0, 0.1) is 0 Å². The van der Waals surface area contributed by atoms with Gasteiger partial charge >= 0.3 is 0 Å². The summed E-state index contributed by atoms with van der Waals surface area (Å²) in [7, 11) is 0. The van der Waals surface area contributed by atoms with Gasteiger partial charge in [0.15, 0.2) is 0 Å². The lowest BCUT2D eigenvalue weighted by Crippen LogP contribution is -2.61. The van der Waals surface area contributed by atoms with Crippen LogP contribution >= 0.6 is 0 Å². The minimum atomic E-state index is -1.16. The van der Waals surface area contributed by atoms with Gasteiger partial charge in [-0.1, -0.05) is 10.4 Å². The number of aromatic nitrogens is 6. The summed E-state index contributed by atoms with van der Waals surface area (Å²) in [5.74, 6) is 0. The third-order valence-electron chi connectivity index (χ3n) is 7.88. The highest BCUT2D eigenvalue weighted by Gasteiger charge is 2.42. The molecular weight excluding hydrogens is 596 g/mol. The van der Waals surface area contributed by atoms with E-state index in [9.17, 15) is 20.4 Å². The highest BCUT2D eigenvalue weighted by molar-refractivity contribution is 5.00. The molecule has 2 saturated carbocycles. The van der Waals surface area contributed by atoms with Crippen molar-refractivity contribution in [2.24, 2.45) is 22.9 Å². The van der Waals surface area contributed by atoms with Gasteiger partial charge < -0.3 is 67.0 Å². The lowest BCUT2D eigenvalue weighted by Gasteiger charge is -2.39. The van der Waals surface area contributed by atoms with Gasteiger partial charge in [-0.25, -0.2) is 9.36 Å². The first-order valence-electron chi connectivity index (χ1n) is 15.1. The summed E-state index contributed by atoms with van der Waals surface area (Å²) >= 11 is 0. The third kappa shape index (κ3) is 10.4. The molecule has 0 unspecified atom stereocenters. The Morgan fingerprint density at radius 3 is 1.36 bits per heavy atom. The van der Waals surface area contributed by atoms with Crippen molar-refractivity contribution < 1.29 is 44.1 Å². The molecule has 19 heteroatoms. The van der Waals surface area contributed by atoms with Crippen molar-refractivity contribution in [1.29, 1.82) is 0 Å². The number of ether oxygens (including phenoxy) is 5. The Hall–Kier alpha value is -2.24. The molecule has 0 amide bonds. The fraction of sp³-hybridized carbons (Fsp3) is 0.846. The van der Waals surface area contributed by atoms with Gasteiger partial charge in [-0.2, -0.15) is 0 Å². The first kappa shape index (κ1) is 35.6. The van der Waals surface area contributed by atoms with Crippen molar-refractivity contribution in [3.63, 3.8) is 0 Å². The second-order valence-corrected chi connectivity index (χ2v) is 11.4. The van der Waals surface area contributed by atoms with E-state index < -0.39 is 60.8 Å². The normalized spacial score (nSPS) is 32.3. The van der Waals surface area contributed by atoms with Crippen LogP contribution in [0.3, 0.4) is 0 Å². The molecule has 2 aromatic heterocycles. The van der Waals surface area contributed by atoms with Crippen molar-refractivity contribution in [2.75, 3.05) is 39.6 Å². The molecule has 0 aromatic carbocycles. The third-order valence-corrected chi connectivity index (χ3v) is 7.88. The molecule has 256 valence electrons. The minimum Gasteiger partial charge on any atom is -0.389 e. The molecule has 10 atom stereocenters. The van der Waals surface area contributed by atoms with Crippen molar-refractivity contribution in [2.45, 2.75) is 99.9 Å². The van der Waals surface area contributed by atoms with Gasteiger partial charge in [0.1, 0.15) is 35.8 Å². The Morgan fingerprint density at radius 1 is 0.578 bits per heavy atom. The van der Waals surface area contributed by atoms with Gasteiger partial charge in [0, 0.05) is 24.2 Å². The zero-order valence-corrected chi connectivity index (χ0v) is 25.2. The first-order valence-corrected chi connectivity index (χ1v) is 15.1. The Kier molecular flexibility index (Phi) is 13.9. The van der Waals surface area contributed by atoms with Crippen LogP contribution in [0.5, 0.6) is 0 Å². The molecule has 2 aromatic rings. The second kappa shape index (κ2) is 17.6. The van der Waals surface area contributed by atoms with Crippen molar-refractivity contribution in [1.82, 2.24) is 30.0 Å². The van der Waals surface area contributed by atoms with Gasteiger partial charge in [-0.15, -0.1) is 10.2 Å².